The second-order valence-corrected chi connectivity index (χ2v) is 3.33. The first-order chi connectivity index (χ1) is 5.27. The van der Waals surface area contributed by atoms with Gasteiger partial charge in [-0.2, -0.15) is 0 Å². The van der Waals surface area contributed by atoms with Gasteiger partial charge in [-0.05, 0) is 14.1 Å². The monoisotopic (exact) mass is 158 g/mol. The van der Waals surface area contributed by atoms with E-state index < -0.39 is 0 Å². The number of likely N-dealkylation sites (tertiary alicyclic amines) is 1. The molecule has 1 fully saturated rings. The number of likely N-dealkylation sites (N-methyl/N-ethyl adjacent to an activating group) is 2. The van der Waals surface area contributed by atoms with Gasteiger partial charge in [-0.3, -0.25) is 0 Å². The van der Waals surface area contributed by atoms with Crippen LogP contribution in [0.4, 0.5) is 0 Å². The van der Waals surface area contributed by atoms with Crippen molar-refractivity contribution in [2.75, 3.05) is 40.9 Å². The molecule has 1 rings (SSSR count). The van der Waals surface area contributed by atoms with Gasteiger partial charge < -0.3 is 15.0 Å². The second kappa shape index (κ2) is 4.04. The molecule has 3 heteroatoms. The summed E-state index contributed by atoms with van der Waals surface area (Å²) < 4.78 is 5.14. The lowest BCUT2D eigenvalue weighted by atomic mass is 10.1. The van der Waals surface area contributed by atoms with Crippen LogP contribution in [0.2, 0.25) is 0 Å². The van der Waals surface area contributed by atoms with Crippen molar-refractivity contribution in [3.8, 4) is 0 Å². The lowest BCUT2D eigenvalue weighted by Gasteiger charge is -2.15. The quantitative estimate of drug-likeness (QED) is 0.614. The molecular weight excluding hydrogens is 140 g/mol. The van der Waals surface area contributed by atoms with E-state index in [1.54, 1.807) is 7.11 Å². The Morgan fingerprint density at radius 1 is 1.55 bits per heavy atom. The van der Waals surface area contributed by atoms with Crippen LogP contribution >= 0.6 is 0 Å². The van der Waals surface area contributed by atoms with E-state index in [-0.39, 0.29) is 0 Å². The van der Waals surface area contributed by atoms with E-state index in [4.69, 9.17) is 4.74 Å². The number of ether oxygens (including phenoxy) is 1. The lowest BCUT2D eigenvalue weighted by molar-refractivity contribution is 0.146. The highest BCUT2D eigenvalue weighted by molar-refractivity contribution is 4.86. The zero-order chi connectivity index (χ0) is 8.27. The van der Waals surface area contributed by atoms with Crippen molar-refractivity contribution in [2.24, 2.45) is 5.92 Å². The van der Waals surface area contributed by atoms with Crippen LogP contribution in [-0.2, 0) is 4.74 Å². The number of hydrogen-bond acceptors (Lipinski definition) is 3. The van der Waals surface area contributed by atoms with Gasteiger partial charge in [0.15, 0.2) is 0 Å². The summed E-state index contributed by atoms with van der Waals surface area (Å²) in [5.41, 5.74) is 0. The van der Waals surface area contributed by atoms with Gasteiger partial charge in [0, 0.05) is 32.2 Å². The largest absolute Gasteiger partial charge is 0.384 e. The van der Waals surface area contributed by atoms with E-state index in [0.29, 0.717) is 12.0 Å². The van der Waals surface area contributed by atoms with Crippen molar-refractivity contribution in [3.63, 3.8) is 0 Å². The predicted molar refractivity (Wildman–Crippen MR) is 45.7 cm³/mol. The highest BCUT2D eigenvalue weighted by Crippen LogP contribution is 2.14. The predicted octanol–water partition coefficient (Wildman–Crippen LogP) is -0.218. The lowest BCUT2D eigenvalue weighted by Crippen LogP contribution is -2.34. The van der Waals surface area contributed by atoms with Crippen LogP contribution in [0.15, 0.2) is 0 Å². The summed E-state index contributed by atoms with van der Waals surface area (Å²) in [7, 11) is 5.94. The molecule has 1 aliphatic rings. The van der Waals surface area contributed by atoms with Crippen LogP contribution in [0.3, 0.4) is 0 Å². The Kier molecular flexibility index (Phi) is 3.30. The maximum absolute atomic E-state index is 5.14. The average molecular weight is 158 g/mol. The number of methoxy groups -OCH3 is 1. The second-order valence-electron chi connectivity index (χ2n) is 3.33. The first-order valence-corrected chi connectivity index (χ1v) is 4.12. The number of nitrogens with one attached hydrogen (secondary N) is 1. The van der Waals surface area contributed by atoms with Crippen molar-refractivity contribution in [3.05, 3.63) is 0 Å². The van der Waals surface area contributed by atoms with E-state index >= 15 is 0 Å². The minimum atomic E-state index is 0.611. The Morgan fingerprint density at radius 2 is 2.27 bits per heavy atom. The van der Waals surface area contributed by atoms with Crippen LogP contribution in [0, 0.1) is 5.92 Å². The smallest absolute Gasteiger partial charge is 0.0518 e. The van der Waals surface area contributed by atoms with Crippen molar-refractivity contribution in [1.29, 1.82) is 0 Å². The molecule has 0 aliphatic carbocycles. The van der Waals surface area contributed by atoms with Crippen LogP contribution in [-0.4, -0.2) is 51.8 Å². The minimum absolute atomic E-state index is 0.611. The zero-order valence-corrected chi connectivity index (χ0v) is 7.63. The number of rotatable bonds is 3. The summed E-state index contributed by atoms with van der Waals surface area (Å²) in [6.45, 7) is 3.17. The molecule has 0 spiro atoms. The number of hydrogen-bond donors (Lipinski definition) is 1. The molecule has 0 aromatic heterocycles. The van der Waals surface area contributed by atoms with Crippen LogP contribution in [0.25, 0.3) is 0 Å². The summed E-state index contributed by atoms with van der Waals surface area (Å²) in [4.78, 5) is 2.34. The third kappa shape index (κ3) is 2.15. The van der Waals surface area contributed by atoms with Crippen molar-refractivity contribution in [2.45, 2.75) is 6.04 Å². The highest BCUT2D eigenvalue weighted by atomic mass is 16.5. The molecule has 2 unspecified atom stereocenters. The molecule has 2 atom stereocenters. The van der Waals surface area contributed by atoms with Gasteiger partial charge in [0.1, 0.15) is 0 Å². The van der Waals surface area contributed by atoms with E-state index in [1.165, 1.54) is 0 Å². The molecule has 0 aromatic rings. The highest BCUT2D eigenvalue weighted by Gasteiger charge is 2.28. The van der Waals surface area contributed by atoms with Gasteiger partial charge in [0.05, 0.1) is 6.61 Å². The summed E-state index contributed by atoms with van der Waals surface area (Å²) in [6, 6.07) is 0.611. The molecule has 0 aromatic carbocycles. The molecule has 0 radical (unpaired) electrons. The van der Waals surface area contributed by atoms with Crippen LogP contribution in [0.5, 0.6) is 0 Å². The normalized spacial score (nSPS) is 33.0. The third-order valence-electron chi connectivity index (χ3n) is 2.38. The molecule has 1 saturated heterocycles. The zero-order valence-electron chi connectivity index (χ0n) is 7.63. The Morgan fingerprint density at radius 3 is 2.82 bits per heavy atom. The molecular formula is C8H18N2O. The van der Waals surface area contributed by atoms with Crippen molar-refractivity contribution >= 4 is 0 Å². The van der Waals surface area contributed by atoms with Gasteiger partial charge in [-0.1, -0.05) is 0 Å². The first-order valence-electron chi connectivity index (χ1n) is 4.12. The topological polar surface area (TPSA) is 24.5 Å². The van der Waals surface area contributed by atoms with E-state index in [9.17, 15) is 0 Å². The Hall–Kier alpha value is -0.120. The Bertz CT molecular complexity index is 119. The van der Waals surface area contributed by atoms with Gasteiger partial charge in [0.25, 0.3) is 0 Å². The molecule has 0 amide bonds. The van der Waals surface area contributed by atoms with Gasteiger partial charge >= 0.3 is 0 Å². The average Bonchev–Trinajstić information content (AvgIpc) is 2.32. The van der Waals surface area contributed by atoms with Crippen molar-refractivity contribution in [1.82, 2.24) is 10.2 Å². The minimum Gasteiger partial charge on any atom is -0.384 e. The summed E-state index contributed by atoms with van der Waals surface area (Å²) >= 11 is 0. The first kappa shape index (κ1) is 8.97. The Balaban J connectivity index is 2.37. The molecule has 3 nitrogen and oxygen atoms in total. The fourth-order valence-electron chi connectivity index (χ4n) is 1.80. The molecule has 11 heavy (non-hydrogen) atoms. The Labute approximate surface area is 68.7 Å². The van der Waals surface area contributed by atoms with E-state index in [1.807, 2.05) is 7.05 Å². The summed E-state index contributed by atoms with van der Waals surface area (Å²) in [5.74, 6) is 0.662. The fourth-order valence-corrected chi connectivity index (χ4v) is 1.80. The maximum atomic E-state index is 5.14. The van der Waals surface area contributed by atoms with Gasteiger partial charge in [0.2, 0.25) is 0 Å². The molecule has 0 bridgehead atoms. The molecule has 1 heterocycles. The van der Waals surface area contributed by atoms with Gasteiger partial charge in [-0.25, -0.2) is 0 Å². The summed E-state index contributed by atoms with van der Waals surface area (Å²) in [6.07, 6.45) is 0. The van der Waals surface area contributed by atoms with Gasteiger partial charge in [-0.15, -0.1) is 0 Å². The van der Waals surface area contributed by atoms with Crippen LogP contribution < -0.4 is 5.32 Å². The van der Waals surface area contributed by atoms with Crippen molar-refractivity contribution < 1.29 is 4.74 Å². The standard InChI is InChI=1S/C8H18N2O/c1-9-8-5-10(2)4-7(8)6-11-3/h7-9H,4-6H2,1-3H3. The molecule has 1 N–H and O–H groups in total. The molecule has 66 valence electrons. The maximum Gasteiger partial charge on any atom is 0.0518 e. The summed E-state index contributed by atoms with van der Waals surface area (Å²) in [5, 5.41) is 3.31. The fraction of sp³-hybridized carbons (Fsp3) is 1.00. The third-order valence-corrected chi connectivity index (χ3v) is 2.38. The van der Waals surface area contributed by atoms with Crippen LogP contribution in [0.1, 0.15) is 0 Å². The SMILES string of the molecule is CNC1CN(C)CC1COC. The van der Waals surface area contributed by atoms with E-state index in [0.717, 1.165) is 19.7 Å². The molecule has 1 aliphatic heterocycles. The number of nitrogens with zero attached hydrogens (tertiary/aromatic N) is 1. The van der Waals surface area contributed by atoms with E-state index in [2.05, 4.69) is 17.3 Å². The molecule has 0 saturated carbocycles.